The second-order valence-corrected chi connectivity index (χ2v) is 6.06. The molecule has 1 aromatic heterocycles. The van der Waals surface area contributed by atoms with Crippen molar-refractivity contribution in [2.75, 3.05) is 5.32 Å². The van der Waals surface area contributed by atoms with Crippen molar-refractivity contribution in [3.8, 4) is 0 Å². The van der Waals surface area contributed by atoms with E-state index >= 15 is 0 Å². The monoisotopic (exact) mass is 402 g/mol. The van der Waals surface area contributed by atoms with E-state index in [0.717, 1.165) is 10.0 Å². The summed E-state index contributed by atoms with van der Waals surface area (Å²) in [7, 11) is 0. The fourth-order valence-corrected chi connectivity index (χ4v) is 2.44. The van der Waals surface area contributed by atoms with Crippen LogP contribution in [0.2, 0.25) is 5.15 Å². The molecular formula is C13H9Br2ClN2O. The van der Waals surface area contributed by atoms with Crippen molar-refractivity contribution < 1.29 is 4.79 Å². The van der Waals surface area contributed by atoms with Gasteiger partial charge in [0.1, 0.15) is 0 Å². The molecule has 0 aliphatic heterocycles. The molecule has 0 atom stereocenters. The highest BCUT2D eigenvalue weighted by Gasteiger charge is 2.13. The molecule has 0 bridgehead atoms. The summed E-state index contributed by atoms with van der Waals surface area (Å²) in [4.78, 5) is 16.2. The highest BCUT2D eigenvalue weighted by atomic mass is 79.9. The number of nitrogens with zero attached hydrogens (tertiary/aromatic N) is 1. The first-order valence-electron chi connectivity index (χ1n) is 5.36. The van der Waals surface area contributed by atoms with Crippen LogP contribution in [-0.2, 0) is 0 Å². The minimum atomic E-state index is -0.248. The number of benzene rings is 1. The Morgan fingerprint density at radius 3 is 2.79 bits per heavy atom. The number of carbonyl (C=O) groups excluding carboxylic acids is 1. The molecule has 2 aromatic rings. The fraction of sp³-hybridized carbons (Fsp3) is 0.0769. The maximum absolute atomic E-state index is 12.2. The van der Waals surface area contributed by atoms with Gasteiger partial charge in [-0.2, -0.15) is 0 Å². The van der Waals surface area contributed by atoms with E-state index in [1.165, 1.54) is 0 Å². The zero-order chi connectivity index (χ0) is 14.0. The van der Waals surface area contributed by atoms with E-state index in [4.69, 9.17) is 11.6 Å². The highest BCUT2D eigenvalue weighted by molar-refractivity contribution is 9.11. The van der Waals surface area contributed by atoms with Crippen molar-refractivity contribution in [1.82, 2.24) is 4.98 Å². The smallest absolute Gasteiger partial charge is 0.256 e. The zero-order valence-electron chi connectivity index (χ0n) is 9.88. The van der Waals surface area contributed by atoms with Gasteiger partial charge in [0, 0.05) is 15.1 Å². The molecule has 0 fully saturated rings. The Morgan fingerprint density at radius 1 is 1.32 bits per heavy atom. The van der Waals surface area contributed by atoms with E-state index in [1.54, 1.807) is 24.4 Å². The summed E-state index contributed by atoms with van der Waals surface area (Å²) >= 11 is 12.6. The van der Waals surface area contributed by atoms with E-state index in [-0.39, 0.29) is 11.1 Å². The van der Waals surface area contributed by atoms with Gasteiger partial charge in [0.2, 0.25) is 0 Å². The van der Waals surface area contributed by atoms with Crippen LogP contribution in [0, 0.1) is 6.92 Å². The Kier molecular flexibility index (Phi) is 4.60. The number of rotatable bonds is 2. The van der Waals surface area contributed by atoms with E-state index < -0.39 is 0 Å². The lowest BCUT2D eigenvalue weighted by Gasteiger charge is -2.09. The van der Waals surface area contributed by atoms with Gasteiger partial charge in [-0.3, -0.25) is 4.79 Å². The lowest BCUT2D eigenvalue weighted by Crippen LogP contribution is -2.13. The molecule has 6 heteroatoms. The second kappa shape index (κ2) is 6.03. The molecule has 1 aromatic carbocycles. The molecule has 0 aliphatic carbocycles. The first-order valence-corrected chi connectivity index (χ1v) is 7.32. The molecule has 0 aliphatic rings. The van der Waals surface area contributed by atoms with E-state index in [9.17, 15) is 4.79 Å². The van der Waals surface area contributed by atoms with Gasteiger partial charge in [0.05, 0.1) is 11.3 Å². The molecule has 19 heavy (non-hydrogen) atoms. The number of halogens is 3. The Morgan fingerprint density at radius 2 is 2.05 bits per heavy atom. The van der Waals surface area contributed by atoms with Crippen molar-refractivity contribution >= 4 is 55.1 Å². The van der Waals surface area contributed by atoms with Gasteiger partial charge in [-0.25, -0.2) is 4.98 Å². The Labute approximate surface area is 132 Å². The van der Waals surface area contributed by atoms with Crippen LogP contribution in [0.15, 0.2) is 39.4 Å². The van der Waals surface area contributed by atoms with E-state index in [0.29, 0.717) is 15.7 Å². The number of hydrogen-bond acceptors (Lipinski definition) is 2. The van der Waals surface area contributed by atoms with Crippen LogP contribution in [0.3, 0.4) is 0 Å². The molecule has 2 rings (SSSR count). The third kappa shape index (κ3) is 3.55. The quantitative estimate of drug-likeness (QED) is 0.729. The predicted molar refractivity (Wildman–Crippen MR) is 83.8 cm³/mol. The summed E-state index contributed by atoms with van der Waals surface area (Å²) in [6, 6.07) is 7.16. The average molecular weight is 404 g/mol. The fourth-order valence-electron chi connectivity index (χ4n) is 1.50. The third-order valence-corrected chi connectivity index (χ3v) is 3.88. The molecule has 1 N–H and O–H groups in total. The number of nitrogens with one attached hydrogen (secondary N) is 1. The number of aryl methyl sites for hydroxylation is 1. The largest absolute Gasteiger partial charge is 0.319 e. The van der Waals surface area contributed by atoms with Crippen LogP contribution in [0.4, 0.5) is 5.69 Å². The van der Waals surface area contributed by atoms with Gasteiger partial charge in [-0.1, -0.05) is 27.5 Å². The summed E-state index contributed by atoms with van der Waals surface area (Å²) in [5.74, 6) is -0.248. The maximum atomic E-state index is 12.2. The summed E-state index contributed by atoms with van der Waals surface area (Å²) in [5.41, 5.74) is 1.94. The molecule has 3 nitrogen and oxygen atoms in total. The Balaban J connectivity index is 2.30. The lowest BCUT2D eigenvalue weighted by atomic mass is 10.2. The number of anilines is 1. The van der Waals surface area contributed by atoms with Crippen molar-refractivity contribution in [3.05, 3.63) is 55.7 Å². The molecule has 0 unspecified atom stereocenters. The van der Waals surface area contributed by atoms with Crippen LogP contribution in [0.25, 0.3) is 0 Å². The van der Waals surface area contributed by atoms with Crippen molar-refractivity contribution in [2.45, 2.75) is 6.92 Å². The van der Waals surface area contributed by atoms with Gasteiger partial charge >= 0.3 is 0 Å². The number of carbonyl (C=O) groups is 1. The van der Waals surface area contributed by atoms with Gasteiger partial charge in [0.15, 0.2) is 5.15 Å². The topological polar surface area (TPSA) is 42.0 Å². The Bertz CT molecular complexity index is 647. The average Bonchev–Trinajstić information content (AvgIpc) is 2.36. The van der Waals surface area contributed by atoms with Crippen LogP contribution in [0.5, 0.6) is 0 Å². The molecule has 0 spiro atoms. The summed E-state index contributed by atoms with van der Waals surface area (Å²) in [5, 5.41) is 3.02. The summed E-state index contributed by atoms with van der Waals surface area (Å²) < 4.78 is 1.54. The summed E-state index contributed by atoms with van der Waals surface area (Å²) in [6.45, 7) is 1.88. The first kappa shape index (κ1) is 14.5. The minimum Gasteiger partial charge on any atom is -0.319 e. The standard InChI is InChI=1S/C13H9Br2ClN2O/c1-7-4-11(12(16)17-6-7)18-13(19)9-5-8(14)2-3-10(9)15/h2-6H,1H3,(H,18,19). The van der Waals surface area contributed by atoms with Crippen molar-refractivity contribution in [1.29, 1.82) is 0 Å². The van der Waals surface area contributed by atoms with Gasteiger partial charge in [0.25, 0.3) is 5.91 Å². The van der Waals surface area contributed by atoms with Crippen LogP contribution in [0.1, 0.15) is 15.9 Å². The van der Waals surface area contributed by atoms with Crippen LogP contribution in [-0.4, -0.2) is 10.9 Å². The molecule has 98 valence electrons. The normalized spacial score (nSPS) is 10.3. The molecule has 0 radical (unpaired) electrons. The second-order valence-electron chi connectivity index (χ2n) is 3.93. The predicted octanol–water partition coefficient (Wildman–Crippen LogP) is 4.82. The van der Waals surface area contributed by atoms with Gasteiger partial charge < -0.3 is 5.32 Å². The SMILES string of the molecule is Cc1cnc(Cl)c(NC(=O)c2cc(Br)ccc2Br)c1. The van der Waals surface area contributed by atoms with Crippen molar-refractivity contribution in [3.63, 3.8) is 0 Å². The third-order valence-electron chi connectivity index (χ3n) is 2.40. The number of pyridine rings is 1. The van der Waals surface area contributed by atoms with E-state index in [1.807, 2.05) is 13.0 Å². The van der Waals surface area contributed by atoms with Gasteiger partial charge in [-0.15, -0.1) is 0 Å². The van der Waals surface area contributed by atoms with Crippen LogP contribution >= 0.6 is 43.5 Å². The first-order chi connectivity index (χ1) is 8.97. The Hall–Kier alpha value is -0.910. The number of aromatic nitrogens is 1. The zero-order valence-corrected chi connectivity index (χ0v) is 13.8. The molecule has 1 amide bonds. The molecule has 0 saturated heterocycles. The molecule has 0 saturated carbocycles. The molecule has 1 heterocycles. The number of amides is 1. The highest BCUT2D eigenvalue weighted by Crippen LogP contribution is 2.25. The number of hydrogen-bond donors (Lipinski definition) is 1. The summed E-state index contributed by atoms with van der Waals surface area (Å²) in [6.07, 6.45) is 1.65. The lowest BCUT2D eigenvalue weighted by molar-refractivity contribution is 0.102. The molecular weight excluding hydrogens is 395 g/mol. The van der Waals surface area contributed by atoms with Crippen molar-refractivity contribution in [2.24, 2.45) is 0 Å². The minimum absolute atomic E-state index is 0.248. The van der Waals surface area contributed by atoms with Gasteiger partial charge in [-0.05, 0) is 52.7 Å². The maximum Gasteiger partial charge on any atom is 0.256 e. The van der Waals surface area contributed by atoms with E-state index in [2.05, 4.69) is 42.2 Å². The van der Waals surface area contributed by atoms with Crippen LogP contribution < -0.4 is 5.32 Å².